The molecule has 8 heteroatoms. The van der Waals surface area contributed by atoms with Gasteiger partial charge in [0.05, 0.1) is 12.8 Å². The zero-order valence-electron chi connectivity index (χ0n) is 18.1. The quantitative estimate of drug-likeness (QED) is 0.159. The number of aryl methyl sites for hydroxylation is 3. The molecule has 0 saturated heterocycles. The minimum atomic E-state index is 0. The number of rotatable bonds is 10. The van der Waals surface area contributed by atoms with Gasteiger partial charge >= 0.3 is 0 Å². The maximum atomic E-state index is 5.42. The molecule has 1 aromatic carbocycles. The molecule has 0 radical (unpaired) electrons. The van der Waals surface area contributed by atoms with Crippen LogP contribution < -0.4 is 15.4 Å². The summed E-state index contributed by atoms with van der Waals surface area (Å²) in [7, 11) is 3.53. The van der Waals surface area contributed by atoms with Crippen LogP contribution in [0.5, 0.6) is 5.75 Å². The Bertz CT molecular complexity index is 765. The zero-order valence-corrected chi connectivity index (χ0v) is 21.2. The van der Waals surface area contributed by atoms with Crippen molar-refractivity contribution in [2.75, 3.05) is 33.0 Å². The summed E-state index contributed by atoms with van der Waals surface area (Å²) in [5.74, 6) is 3.31. The number of para-hydroxylation sites is 1. The monoisotopic (exact) mass is 531 g/mol. The van der Waals surface area contributed by atoms with Gasteiger partial charge in [0.1, 0.15) is 5.75 Å². The van der Waals surface area contributed by atoms with Crippen molar-refractivity contribution in [3.63, 3.8) is 0 Å². The summed E-state index contributed by atoms with van der Waals surface area (Å²) >= 11 is 1.83. The normalized spacial score (nSPS) is 12.2. The molecule has 29 heavy (non-hydrogen) atoms. The second kappa shape index (κ2) is 13.7. The first-order valence-corrected chi connectivity index (χ1v) is 10.7. The molecular formula is C21H34IN5OS. The Morgan fingerprint density at radius 2 is 2.03 bits per heavy atom. The molecule has 0 aliphatic heterocycles. The Morgan fingerprint density at radius 1 is 1.28 bits per heavy atom. The van der Waals surface area contributed by atoms with E-state index in [-0.39, 0.29) is 24.0 Å². The van der Waals surface area contributed by atoms with Gasteiger partial charge in [-0.25, -0.2) is 0 Å². The van der Waals surface area contributed by atoms with Gasteiger partial charge in [0.25, 0.3) is 0 Å². The lowest BCUT2D eigenvalue weighted by molar-refractivity contribution is 0.405. The highest BCUT2D eigenvalue weighted by Crippen LogP contribution is 2.29. The lowest BCUT2D eigenvalue weighted by Gasteiger charge is -2.16. The summed E-state index contributed by atoms with van der Waals surface area (Å²) < 4.78 is 7.48. The van der Waals surface area contributed by atoms with E-state index < -0.39 is 0 Å². The maximum Gasteiger partial charge on any atom is 0.190 e. The van der Waals surface area contributed by atoms with Gasteiger partial charge in [0, 0.05) is 43.0 Å². The van der Waals surface area contributed by atoms with Gasteiger partial charge in [-0.05, 0) is 44.4 Å². The highest BCUT2D eigenvalue weighted by molar-refractivity contribution is 14.0. The number of methoxy groups -OCH3 is 1. The molecule has 0 aliphatic rings. The molecule has 2 aromatic rings. The molecule has 1 unspecified atom stereocenters. The Morgan fingerprint density at radius 3 is 2.69 bits per heavy atom. The van der Waals surface area contributed by atoms with Crippen LogP contribution in [-0.4, -0.2) is 48.7 Å². The number of halogens is 1. The van der Waals surface area contributed by atoms with Crippen molar-refractivity contribution in [3.8, 4) is 5.75 Å². The first-order chi connectivity index (χ1) is 13.5. The number of nitrogens with one attached hydrogen (secondary N) is 2. The second-order valence-electron chi connectivity index (χ2n) is 6.95. The fraction of sp³-hybridized carbons (Fsp3) is 0.524. The summed E-state index contributed by atoms with van der Waals surface area (Å²) in [6.07, 6.45) is 1.00. The average Bonchev–Trinajstić information content (AvgIpc) is 3.02. The molecular weight excluding hydrogens is 497 g/mol. The third kappa shape index (κ3) is 8.86. The first-order valence-electron chi connectivity index (χ1n) is 9.75. The fourth-order valence-corrected chi connectivity index (χ4v) is 3.91. The summed E-state index contributed by atoms with van der Waals surface area (Å²) in [4.78, 5) is 5.50. The summed E-state index contributed by atoms with van der Waals surface area (Å²) in [5.41, 5.74) is 2.28. The van der Waals surface area contributed by atoms with E-state index in [1.807, 2.05) is 43.9 Å². The molecule has 6 nitrogen and oxygen atoms in total. The topological polar surface area (TPSA) is 63.5 Å². The molecule has 0 spiro atoms. The molecule has 1 aromatic heterocycles. The van der Waals surface area contributed by atoms with Crippen LogP contribution in [0.2, 0.25) is 0 Å². The van der Waals surface area contributed by atoms with Gasteiger partial charge in [-0.3, -0.25) is 9.67 Å². The molecule has 0 aliphatic carbocycles. The van der Waals surface area contributed by atoms with Crippen LogP contribution in [0.3, 0.4) is 0 Å². The van der Waals surface area contributed by atoms with E-state index in [1.165, 1.54) is 10.6 Å². The Hall–Kier alpha value is -1.42. The minimum Gasteiger partial charge on any atom is -0.496 e. The number of benzene rings is 1. The maximum absolute atomic E-state index is 5.42. The number of guanidine groups is 1. The van der Waals surface area contributed by atoms with E-state index in [2.05, 4.69) is 51.4 Å². The van der Waals surface area contributed by atoms with Crippen molar-refractivity contribution < 1.29 is 4.74 Å². The van der Waals surface area contributed by atoms with Crippen LogP contribution in [0.25, 0.3) is 0 Å². The predicted octanol–water partition coefficient (Wildman–Crippen LogP) is 4.11. The van der Waals surface area contributed by atoms with Crippen molar-refractivity contribution in [1.29, 1.82) is 0 Å². The van der Waals surface area contributed by atoms with E-state index in [1.54, 1.807) is 7.11 Å². The van der Waals surface area contributed by atoms with Crippen LogP contribution in [0.4, 0.5) is 0 Å². The average molecular weight is 532 g/mol. The molecule has 2 rings (SSSR count). The molecule has 1 atom stereocenters. The third-order valence-corrected chi connectivity index (χ3v) is 5.76. The number of nitrogens with zero attached hydrogens (tertiary/aromatic N) is 3. The van der Waals surface area contributed by atoms with Crippen LogP contribution in [-0.2, 0) is 6.54 Å². The molecule has 1 heterocycles. The van der Waals surface area contributed by atoms with Crippen molar-refractivity contribution in [2.24, 2.45) is 10.9 Å². The molecule has 0 bridgehead atoms. The van der Waals surface area contributed by atoms with E-state index in [4.69, 9.17) is 4.74 Å². The molecule has 0 fully saturated rings. The summed E-state index contributed by atoms with van der Waals surface area (Å²) in [5, 5.41) is 11.3. The highest BCUT2D eigenvalue weighted by atomic mass is 127. The van der Waals surface area contributed by atoms with E-state index in [9.17, 15) is 0 Å². The van der Waals surface area contributed by atoms with Gasteiger partial charge in [-0.15, -0.1) is 35.7 Å². The molecule has 2 N–H and O–H groups in total. The summed E-state index contributed by atoms with van der Waals surface area (Å²) in [6.45, 7) is 9.02. The van der Waals surface area contributed by atoms with Crippen molar-refractivity contribution in [2.45, 2.75) is 38.6 Å². The Balaban J connectivity index is 0.00000420. The largest absolute Gasteiger partial charge is 0.496 e. The predicted molar refractivity (Wildman–Crippen MR) is 134 cm³/mol. The number of hydrogen-bond acceptors (Lipinski definition) is 4. The van der Waals surface area contributed by atoms with Crippen molar-refractivity contribution in [3.05, 3.63) is 41.7 Å². The lowest BCUT2D eigenvalue weighted by Crippen LogP contribution is -2.40. The van der Waals surface area contributed by atoms with Gasteiger partial charge < -0.3 is 15.4 Å². The Kier molecular flexibility index (Phi) is 12.1. The SMILES string of the molecule is CN=C(NCCCn1nc(C)cc1C)NCC(C)CSc1ccccc1OC.I. The van der Waals surface area contributed by atoms with Crippen LogP contribution in [0.15, 0.2) is 40.2 Å². The lowest BCUT2D eigenvalue weighted by atomic mass is 10.2. The summed E-state index contributed by atoms with van der Waals surface area (Å²) in [6, 6.07) is 10.3. The third-order valence-electron chi connectivity index (χ3n) is 4.38. The smallest absolute Gasteiger partial charge is 0.190 e. The fourth-order valence-electron chi connectivity index (χ4n) is 2.86. The second-order valence-corrected chi connectivity index (χ2v) is 8.01. The van der Waals surface area contributed by atoms with Gasteiger partial charge in [0.2, 0.25) is 0 Å². The number of aliphatic imine (C=N–C) groups is 1. The Labute approximate surface area is 196 Å². The van der Waals surface area contributed by atoms with Crippen molar-refractivity contribution >= 4 is 41.7 Å². The van der Waals surface area contributed by atoms with Gasteiger partial charge in [-0.1, -0.05) is 19.1 Å². The van der Waals surface area contributed by atoms with E-state index in [0.29, 0.717) is 5.92 Å². The number of thioether (sulfide) groups is 1. The number of hydrogen-bond donors (Lipinski definition) is 2. The first kappa shape index (κ1) is 25.6. The number of aromatic nitrogens is 2. The van der Waals surface area contributed by atoms with Gasteiger partial charge in [-0.2, -0.15) is 5.10 Å². The van der Waals surface area contributed by atoms with E-state index >= 15 is 0 Å². The van der Waals surface area contributed by atoms with Crippen LogP contribution >= 0.6 is 35.7 Å². The van der Waals surface area contributed by atoms with Crippen LogP contribution in [0, 0.1) is 19.8 Å². The van der Waals surface area contributed by atoms with Gasteiger partial charge in [0.15, 0.2) is 5.96 Å². The van der Waals surface area contributed by atoms with Crippen molar-refractivity contribution in [1.82, 2.24) is 20.4 Å². The molecule has 162 valence electrons. The minimum absolute atomic E-state index is 0. The van der Waals surface area contributed by atoms with E-state index in [0.717, 1.165) is 49.2 Å². The highest BCUT2D eigenvalue weighted by Gasteiger charge is 2.08. The standard InChI is InChI=1S/C21H33N5OS.HI/c1-16(15-28-20-10-7-6-9-19(20)27-5)14-24-21(22-4)23-11-8-12-26-18(3)13-17(2)25-26;/h6-7,9-10,13,16H,8,11-12,14-15H2,1-5H3,(H2,22,23,24);1H. The van der Waals surface area contributed by atoms with Crippen LogP contribution in [0.1, 0.15) is 24.7 Å². The molecule has 0 amide bonds. The zero-order chi connectivity index (χ0) is 20.4. The molecule has 0 saturated carbocycles. The number of ether oxygens (including phenoxy) is 1.